The Morgan fingerprint density at radius 3 is 2.54 bits per heavy atom. The van der Waals surface area contributed by atoms with E-state index in [9.17, 15) is 4.79 Å². The van der Waals surface area contributed by atoms with Crippen molar-refractivity contribution in [3.05, 3.63) is 70.4 Å². The Labute approximate surface area is 169 Å². The van der Waals surface area contributed by atoms with Gasteiger partial charge in [-0.1, -0.05) is 42.3 Å². The number of halogens is 1. The highest BCUT2D eigenvalue weighted by Gasteiger charge is 2.28. The molecule has 2 aromatic carbocycles. The monoisotopic (exact) mass is 392 g/mol. The van der Waals surface area contributed by atoms with E-state index in [0.717, 1.165) is 23.5 Å². The van der Waals surface area contributed by atoms with Crippen LogP contribution in [-0.2, 0) is 6.42 Å². The van der Waals surface area contributed by atoms with Crippen molar-refractivity contribution in [2.75, 3.05) is 10.6 Å². The maximum absolute atomic E-state index is 12.7. The van der Waals surface area contributed by atoms with E-state index in [4.69, 9.17) is 11.6 Å². The van der Waals surface area contributed by atoms with E-state index in [1.165, 1.54) is 5.56 Å². The number of anilines is 4. The molecule has 0 fully saturated rings. The number of nitrogens with zero attached hydrogens (tertiary/aromatic N) is 2. The minimum absolute atomic E-state index is 0.0696. The molecule has 1 atom stereocenters. The first kappa shape index (κ1) is 18.4. The van der Waals surface area contributed by atoms with Crippen LogP contribution in [0.5, 0.6) is 0 Å². The molecule has 0 saturated carbocycles. The first-order chi connectivity index (χ1) is 13.5. The molecule has 0 spiro atoms. The number of carbonyl (C=O) groups is 1. The highest BCUT2D eigenvalue weighted by molar-refractivity contribution is 6.30. The van der Waals surface area contributed by atoms with Crippen LogP contribution in [0.1, 0.15) is 35.0 Å². The molecule has 2 N–H and O–H groups in total. The summed E-state index contributed by atoms with van der Waals surface area (Å²) < 4.78 is 0. The molecule has 1 aliphatic carbocycles. The summed E-state index contributed by atoms with van der Waals surface area (Å²) >= 11 is 6.10. The van der Waals surface area contributed by atoms with Gasteiger partial charge in [0.05, 0.1) is 11.3 Å². The summed E-state index contributed by atoms with van der Waals surface area (Å²) in [5.74, 6) is 1.31. The van der Waals surface area contributed by atoms with Crippen LogP contribution in [-0.4, -0.2) is 15.8 Å². The van der Waals surface area contributed by atoms with Crippen LogP contribution in [0.3, 0.4) is 0 Å². The third-order valence-electron chi connectivity index (χ3n) is 4.73. The summed E-state index contributed by atoms with van der Waals surface area (Å²) in [6, 6.07) is 15.4. The molecule has 0 amide bonds. The maximum Gasteiger partial charge on any atom is 0.229 e. The number of hydrogen-bond donors (Lipinski definition) is 2. The minimum atomic E-state index is 0.0696. The summed E-state index contributed by atoms with van der Waals surface area (Å²) in [5.41, 5.74) is 4.21. The van der Waals surface area contributed by atoms with Crippen LogP contribution < -0.4 is 10.6 Å². The van der Waals surface area contributed by atoms with Gasteiger partial charge in [-0.15, -0.1) is 0 Å². The van der Waals surface area contributed by atoms with E-state index < -0.39 is 0 Å². The second-order valence-corrected chi connectivity index (χ2v) is 7.72. The van der Waals surface area contributed by atoms with Crippen LogP contribution in [0.15, 0.2) is 48.5 Å². The summed E-state index contributed by atoms with van der Waals surface area (Å²) in [6.07, 6.45) is 1.25. The highest BCUT2D eigenvalue weighted by Crippen LogP contribution is 2.32. The fourth-order valence-corrected chi connectivity index (χ4v) is 3.57. The van der Waals surface area contributed by atoms with Gasteiger partial charge in [0.15, 0.2) is 5.78 Å². The zero-order chi connectivity index (χ0) is 19.7. The van der Waals surface area contributed by atoms with E-state index in [2.05, 4.69) is 27.5 Å². The lowest BCUT2D eigenvalue weighted by Crippen LogP contribution is -2.22. The predicted octanol–water partition coefficient (Wildman–Crippen LogP) is 5.69. The molecule has 28 heavy (non-hydrogen) atoms. The fourth-order valence-electron chi connectivity index (χ4n) is 3.38. The molecule has 0 radical (unpaired) electrons. The van der Waals surface area contributed by atoms with E-state index in [-0.39, 0.29) is 11.7 Å². The first-order valence-electron chi connectivity index (χ1n) is 9.28. The molecule has 1 heterocycles. The molecule has 0 bridgehead atoms. The lowest BCUT2D eigenvalue weighted by Gasteiger charge is -2.23. The lowest BCUT2D eigenvalue weighted by molar-refractivity contribution is 0.0953. The van der Waals surface area contributed by atoms with Gasteiger partial charge in [-0.25, -0.2) is 4.98 Å². The van der Waals surface area contributed by atoms with Crippen LogP contribution in [0.25, 0.3) is 0 Å². The number of nitrogens with one attached hydrogen (secondary N) is 2. The number of ketones is 1. The van der Waals surface area contributed by atoms with Crippen LogP contribution in [0.2, 0.25) is 5.02 Å². The average molecular weight is 393 g/mol. The molecule has 1 aliphatic rings. The lowest BCUT2D eigenvalue weighted by atomic mass is 9.87. The molecule has 1 unspecified atom stereocenters. The summed E-state index contributed by atoms with van der Waals surface area (Å²) in [7, 11) is 0. The molecular weight excluding hydrogens is 372 g/mol. The summed E-state index contributed by atoms with van der Waals surface area (Å²) in [5, 5.41) is 7.12. The standard InChI is InChI=1S/C22H21ClN4O/c1-13-6-8-16(9-7-13)25-22-26-18-10-14(2)11-19(28)20(18)21(27-22)24-17-5-3-4-15(23)12-17/h3-9,12,14H,10-11H2,1-2H3,(H2,24,25,26,27). The molecule has 5 nitrogen and oxygen atoms in total. The van der Waals surface area contributed by atoms with Gasteiger partial charge in [-0.3, -0.25) is 4.79 Å². The number of aromatic nitrogens is 2. The smallest absolute Gasteiger partial charge is 0.229 e. The Kier molecular flexibility index (Phi) is 5.01. The second kappa shape index (κ2) is 7.60. The molecular formula is C22H21ClN4O. The van der Waals surface area contributed by atoms with Crippen molar-refractivity contribution >= 4 is 40.5 Å². The second-order valence-electron chi connectivity index (χ2n) is 7.28. The molecule has 0 aliphatic heterocycles. The molecule has 4 rings (SSSR count). The number of Topliss-reactive ketones (excluding diaryl/α,β-unsaturated/α-hetero) is 1. The predicted molar refractivity (Wildman–Crippen MR) is 113 cm³/mol. The number of aryl methyl sites for hydroxylation is 1. The fraction of sp³-hybridized carbons (Fsp3) is 0.227. The zero-order valence-electron chi connectivity index (χ0n) is 15.8. The summed E-state index contributed by atoms with van der Waals surface area (Å²) in [4.78, 5) is 22.0. The van der Waals surface area contributed by atoms with Gasteiger partial charge in [-0.2, -0.15) is 4.98 Å². The molecule has 1 aromatic heterocycles. The molecule has 3 aromatic rings. The Morgan fingerprint density at radius 2 is 1.79 bits per heavy atom. The van der Waals surface area contributed by atoms with Crippen LogP contribution in [0.4, 0.5) is 23.1 Å². The van der Waals surface area contributed by atoms with Crippen molar-refractivity contribution in [1.29, 1.82) is 0 Å². The average Bonchev–Trinajstić information content (AvgIpc) is 2.63. The largest absolute Gasteiger partial charge is 0.339 e. The molecule has 142 valence electrons. The van der Waals surface area contributed by atoms with Crippen molar-refractivity contribution in [2.45, 2.75) is 26.7 Å². The minimum Gasteiger partial charge on any atom is -0.339 e. The van der Waals surface area contributed by atoms with Gasteiger partial charge in [0.25, 0.3) is 0 Å². The quantitative estimate of drug-likeness (QED) is 0.596. The number of hydrogen-bond acceptors (Lipinski definition) is 5. The van der Waals surface area contributed by atoms with E-state index in [1.54, 1.807) is 12.1 Å². The zero-order valence-corrected chi connectivity index (χ0v) is 16.5. The topological polar surface area (TPSA) is 66.9 Å². The number of rotatable bonds is 4. The normalized spacial score (nSPS) is 15.8. The van der Waals surface area contributed by atoms with Crippen LogP contribution >= 0.6 is 11.6 Å². The Morgan fingerprint density at radius 1 is 1.00 bits per heavy atom. The van der Waals surface area contributed by atoms with Gasteiger partial charge >= 0.3 is 0 Å². The number of carbonyl (C=O) groups excluding carboxylic acids is 1. The van der Waals surface area contributed by atoms with Crippen molar-refractivity contribution in [3.8, 4) is 0 Å². The number of benzene rings is 2. The van der Waals surface area contributed by atoms with Crippen molar-refractivity contribution in [2.24, 2.45) is 5.92 Å². The Bertz CT molecular complexity index is 1030. The van der Waals surface area contributed by atoms with Crippen molar-refractivity contribution < 1.29 is 4.79 Å². The highest BCUT2D eigenvalue weighted by atomic mass is 35.5. The van der Waals surface area contributed by atoms with E-state index in [1.807, 2.05) is 43.3 Å². The van der Waals surface area contributed by atoms with Gasteiger partial charge in [0.2, 0.25) is 5.95 Å². The van der Waals surface area contributed by atoms with Gasteiger partial charge in [-0.05, 0) is 49.6 Å². The third-order valence-corrected chi connectivity index (χ3v) is 4.97. The number of fused-ring (bicyclic) bond motifs is 1. The van der Waals surface area contributed by atoms with Crippen LogP contribution in [0, 0.1) is 12.8 Å². The van der Waals surface area contributed by atoms with Crippen molar-refractivity contribution in [1.82, 2.24) is 9.97 Å². The Balaban J connectivity index is 1.74. The summed E-state index contributed by atoms with van der Waals surface area (Å²) in [6.45, 7) is 4.11. The maximum atomic E-state index is 12.7. The first-order valence-corrected chi connectivity index (χ1v) is 9.66. The molecule has 6 heteroatoms. The third kappa shape index (κ3) is 3.99. The van der Waals surface area contributed by atoms with Gasteiger partial charge < -0.3 is 10.6 Å². The van der Waals surface area contributed by atoms with E-state index in [0.29, 0.717) is 28.8 Å². The van der Waals surface area contributed by atoms with E-state index >= 15 is 0 Å². The van der Waals surface area contributed by atoms with Gasteiger partial charge in [0.1, 0.15) is 5.82 Å². The SMILES string of the molecule is Cc1ccc(Nc2nc3c(c(Nc4cccc(Cl)c4)n2)C(=O)CC(C)C3)cc1. The molecule has 0 saturated heterocycles. The Hall–Kier alpha value is -2.92. The van der Waals surface area contributed by atoms with Gasteiger partial charge in [0, 0.05) is 22.8 Å². The van der Waals surface area contributed by atoms with Crippen molar-refractivity contribution in [3.63, 3.8) is 0 Å².